The molecule has 1 saturated carbocycles. The molecule has 35 heavy (non-hydrogen) atoms. The first-order chi connectivity index (χ1) is 16.5. The molecule has 2 aromatic carbocycles. The molecule has 2 aliphatic rings. The number of hydrogen-bond donors (Lipinski definition) is 1. The Labute approximate surface area is 200 Å². The zero-order valence-electron chi connectivity index (χ0n) is 19.0. The number of aliphatic hydroxyl groups is 1. The number of benzene rings is 2. The van der Waals surface area contributed by atoms with E-state index in [2.05, 4.69) is 5.10 Å². The minimum atomic E-state index is -4.50. The number of nitrogens with zero attached hydrogens (tertiary/aromatic N) is 3. The quantitative estimate of drug-likeness (QED) is 0.465. The molecule has 1 heterocycles. The highest BCUT2D eigenvalue weighted by molar-refractivity contribution is 5.62. The summed E-state index contributed by atoms with van der Waals surface area (Å²) in [4.78, 5) is 0. The van der Waals surface area contributed by atoms with Crippen LogP contribution in [0.25, 0.3) is 11.8 Å². The van der Waals surface area contributed by atoms with Gasteiger partial charge in [0.15, 0.2) is 0 Å². The summed E-state index contributed by atoms with van der Waals surface area (Å²) in [6, 6.07) is 11.2. The summed E-state index contributed by atoms with van der Waals surface area (Å²) in [6.45, 7) is 1.99. The van der Waals surface area contributed by atoms with Gasteiger partial charge in [-0.25, -0.2) is 9.07 Å². The van der Waals surface area contributed by atoms with Crippen LogP contribution in [0.2, 0.25) is 0 Å². The second kappa shape index (κ2) is 8.06. The van der Waals surface area contributed by atoms with Gasteiger partial charge in [0.1, 0.15) is 5.82 Å². The largest absolute Gasteiger partial charge is 0.416 e. The van der Waals surface area contributed by atoms with Gasteiger partial charge in [-0.1, -0.05) is 12.5 Å². The highest BCUT2D eigenvalue weighted by atomic mass is 19.4. The average molecular weight is 481 g/mol. The molecule has 8 heteroatoms. The smallest absolute Gasteiger partial charge is 0.389 e. The Kier molecular flexibility index (Phi) is 5.37. The SMILES string of the molecule is C[C@]12Cc3cnn(-c4ccc(F)cc4)c3C=C1CC[C@@]2(O)CCc1cc(C(F)(F)F)ccc1C#N. The van der Waals surface area contributed by atoms with Crippen molar-refractivity contribution in [2.24, 2.45) is 5.41 Å². The number of hydrogen-bond acceptors (Lipinski definition) is 3. The summed E-state index contributed by atoms with van der Waals surface area (Å²) in [5, 5.41) is 25.6. The number of halogens is 4. The van der Waals surface area contributed by atoms with Gasteiger partial charge in [0.25, 0.3) is 0 Å². The number of rotatable bonds is 4. The van der Waals surface area contributed by atoms with E-state index in [0.717, 1.165) is 34.7 Å². The van der Waals surface area contributed by atoms with E-state index in [9.17, 15) is 27.9 Å². The maximum absolute atomic E-state index is 13.4. The fraction of sp³-hybridized carbons (Fsp3) is 0.333. The van der Waals surface area contributed by atoms with Crippen molar-refractivity contribution >= 4 is 6.08 Å². The summed E-state index contributed by atoms with van der Waals surface area (Å²) in [7, 11) is 0. The van der Waals surface area contributed by atoms with Crippen LogP contribution in [0.4, 0.5) is 17.6 Å². The summed E-state index contributed by atoms with van der Waals surface area (Å²) in [5.74, 6) is -0.332. The number of aromatic nitrogens is 2. The fourth-order valence-electron chi connectivity index (χ4n) is 5.55. The van der Waals surface area contributed by atoms with Gasteiger partial charge in [-0.05, 0) is 91.8 Å². The Balaban J connectivity index is 1.43. The van der Waals surface area contributed by atoms with Crippen molar-refractivity contribution in [3.05, 3.63) is 88.0 Å². The summed E-state index contributed by atoms with van der Waals surface area (Å²) in [5.41, 5.74) is 1.55. The molecule has 0 bridgehead atoms. The van der Waals surface area contributed by atoms with E-state index in [1.165, 1.54) is 18.2 Å². The van der Waals surface area contributed by atoms with Gasteiger partial charge in [-0.15, -0.1) is 0 Å². The second-order valence-corrected chi connectivity index (χ2v) is 9.63. The van der Waals surface area contributed by atoms with Crippen LogP contribution in [0.15, 0.2) is 54.2 Å². The third-order valence-corrected chi connectivity index (χ3v) is 7.72. The van der Waals surface area contributed by atoms with E-state index in [4.69, 9.17) is 0 Å². The van der Waals surface area contributed by atoms with Crippen LogP contribution in [-0.2, 0) is 19.0 Å². The molecule has 4 nitrogen and oxygen atoms in total. The molecule has 0 aliphatic heterocycles. The highest BCUT2D eigenvalue weighted by Crippen LogP contribution is 2.57. The number of nitriles is 1. The number of fused-ring (bicyclic) bond motifs is 2. The molecular formula is C27H23F4N3O. The van der Waals surface area contributed by atoms with Gasteiger partial charge in [0.2, 0.25) is 0 Å². The van der Waals surface area contributed by atoms with Crippen LogP contribution in [0.5, 0.6) is 0 Å². The van der Waals surface area contributed by atoms with Gasteiger partial charge in [0, 0.05) is 5.41 Å². The van der Waals surface area contributed by atoms with Gasteiger partial charge in [0.05, 0.1) is 40.4 Å². The predicted molar refractivity (Wildman–Crippen MR) is 122 cm³/mol. The number of aryl methyl sites for hydroxylation is 1. The Morgan fingerprint density at radius 1 is 1.17 bits per heavy atom. The highest BCUT2D eigenvalue weighted by Gasteiger charge is 2.54. The van der Waals surface area contributed by atoms with Gasteiger partial charge < -0.3 is 5.11 Å². The predicted octanol–water partition coefficient (Wildman–Crippen LogP) is 6.01. The average Bonchev–Trinajstić information content (AvgIpc) is 3.33. The van der Waals surface area contributed by atoms with E-state index in [0.29, 0.717) is 19.3 Å². The molecule has 1 aromatic heterocycles. The van der Waals surface area contributed by atoms with Crippen molar-refractivity contribution in [1.82, 2.24) is 9.78 Å². The van der Waals surface area contributed by atoms with Crippen LogP contribution in [0.1, 0.15) is 54.1 Å². The lowest BCUT2D eigenvalue weighted by Gasteiger charge is -2.42. The molecule has 5 rings (SSSR count). The molecule has 0 amide bonds. The zero-order valence-corrected chi connectivity index (χ0v) is 19.0. The maximum Gasteiger partial charge on any atom is 0.416 e. The van der Waals surface area contributed by atoms with Crippen molar-refractivity contribution in [2.75, 3.05) is 0 Å². The lowest BCUT2D eigenvalue weighted by molar-refractivity contribution is -0.137. The molecule has 0 radical (unpaired) electrons. The van der Waals surface area contributed by atoms with E-state index in [1.807, 2.05) is 19.1 Å². The van der Waals surface area contributed by atoms with Crippen LogP contribution >= 0.6 is 0 Å². The van der Waals surface area contributed by atoms with Gasteiger partial charge in [-0.2, -0.15) is 23.5 Å². The van der Waals surface area contributed by atoms with Crippen LogP contribution < -0.4 is 0 Å². The second-order valence-electron chi connectivity index (χ2n) is 9.63. The molecule has 2 aliphatic carbocycles. The van der Waals surface area contributed by atoms with Crippen LogP contribution in [0, 0.1) is 22.6 Å². The normalized spacial score (nSPS) is 23.4. The first-order valence-corrected chi connectivity index (χ1v) is 11.4. The monoisotopic (exact) mass is 481 g/mol. The summed E-state index contributed by atoms with van der Waals surface area (Å²) >= 11 is 0. The Hall–Kier alpha value is -3.44. The van der Waals surface area contributed by atoms with Crippen LogP contribution in [0.3, 0.4) is 0 Å². The van der Waals surface area contributed by atoms with Crippen molar-refractivity contribution in [2.45, 2.75) is 50.8 Å². The van der Waals surface area contributed by atoms with Gasteiger partial charge in [-0.3, -0.25) is 0 Å². The molecule has 0 unspecified atom stereocenters. The number of alkyl halides is 3. The Morgan fingerprint density at radius 3 is 2.60 bits per heavy atom. The summed E-state index contributed by atoms with van der Waals surface area (Å²) < 4.78 is 54.8. The first kappa shape index (κ1) is 23.3. The van der Waals surface area contributed by atoms with Crippen molar-refractivity contribution in [1.29, 1.82) is 5.26 Å². The minimum absolute atomic E-state index is 0.161. The fourth-order valence-corrected chi connectivity index (χ4v) is 5.55. The molecule has 0 saturated heterocycles. The third kappa shape index (κ3) is 3.84. The molecule has 1 N–H and O–H groups in total. The minimum Gasteiger partial charge on any atom is -0.389 e. The molecule has 3 aromatic rings. The first-order valence-electron chi connectivity index (χ1n) is 11.4. The molecule has 0 spiro atoms. The van der Waals surface area contributed by atoms with Crippen LogP contribution in [-0.4, -0.2) is 20.5 Å². The van der Waals surface area contributed by atoms with Gasteiger partial charge >= 0.3 is 6.18 Å². The molecule has 180 valence electrons. The standard InChI is InChI=1S/C27H23F4N3O/c1-25-14-19-16-33-34(23-6-4-22(28)5-7-23)24(19)13-20(25)9-11-26(25,35)10-8-17-12-21(27(29,30)31)3-2-18(17)15-32/h2-7,12-13,16,35H,8-11,14H2,1H3/t25-,26-/m0/s1. The maximum atomic E-state index is 13.4. The zero-order chi connectivity index (χ0) is 25.0. The lowest BCUT2D eigenvalue weighted by Crippen LogP contribution is -2.45. The molecule has 1 fully saturated rings. The van der Waals surface area contributed by atoms with E-state index in [1.54, 1.807) is 23.0 Å². The topological polar surface area (TPSA) is 61.8 Å². The van der Waals surface area contributed by atoms with E-state index in [-0.39, 0.29) is 29.8 Å². The molecular weight excluding hydrogens is 458 g/mol. The molecule has 2 atom stereocenters. The Bertz CT molecular complexity index is 1370. The van der Waals surface area contributed by atoms with Crippen molar-refractivity contribution in [3.8, 4) is 11.8 Å². The van der Waals surface area contributed by atoms with Crippen molar-refractivity contribution in [3.63, 3.8) is 0 Å². The van der Waals surface area contributed by atoms with Crippen molar-refractivity contribution < 1.29 is 22.7 Å². The third-order valence-electron chi connectivity index (χ3n) is 7.72. The Morgan fingerprint density at radius 2 is 1.91 bits per heavy atom. The van der Waals surface area contributed by atoms with E-state index >= 15 is 0 Å². The summed E-state index contributed by atoms with van der Waals surface area (Å²) in [6.07, 6.45) is 1.32. The lowest BCUT2D eigenvalue weighted by atomic mass is 9.65. The van der Waals surface area contributed by atoms with E-state index < -0.39 is 22.8 Å².